The van der Waals surface area contributed by atoms with E-state index in [1.807, 2.05) is 59.7 Å². The van der Waals surface area contributed by atoms with Gasteiger partial charge in [-0.2, -0.15) is 0 Å². The summed E-state index contributed by atoms with van der Waals surface area (Å²) in [5.41, 5.74) is 1.10. The van der Waals surface area contributed by atoms with E-state index in [4.69, 9.17) is 4.74 Å². The second kappa shape index (κ2) is 10.0. The number of urea groups is 1. The Hall–Kier alpha value is -2.24. The Morgan fingerprint density at radius 2 is 1.65 bits per heavy atom. The third kappa shape index (κ3) is 5.38. The first-order valence-electron chi connectivity index (χ1n) is 9.56. The van der Waals surface area contributed by atoms with Crippen LogP contribution in [0.2, 0.25) is 0 Å². The van der Waals surface area contributed by atoms with Gasteiger partial charge in [0.1, 0.15) is 5.75 Å². The van der Waals surface area contributed by atoms with Crippen molar-refractivity contribution in [1.82, 2.24) is 14.7 Å². The molecule has 1 fully saturated rings. The first-order valence-corrected chi connectivity index (χ1v) is 9.56. The summed E-state index contributed by atoms with van der Waals surface area (Å²) in [6.45, 7) is 10.4. The first-order chi connectivity index (χ1) is 12.6. The minimum Gasteiger partial charge on any atom is -0.493 e. The normalized spacial score (nSPS) is 14.3. The molecule has 144 valence electrons. The van der Waals surface area contributed by atoms with Gasteiger partial charge in [0, 0.05) is 45.7 Å². The number of aryl methyl sites for hydroxylation is 1. The molecular weight excluding hydrogens is 330 g/mol. The van der Waals surface area contributed by atoms with Crippen molar-refractivity contribution in [3.05, 3.63) is 29.8 Å². The van der Waals surface area contributed by atoms with Crippen molar-refractivity contribution < 1.29 is 14.3 Å². The van der Waals surface area contributed by atoms with E-state index in [1.54, 1.807) is 0 Å². The zero-order valence-corrected chi connectivity index (χ0v) is 16.2. The molecule has 1 aromatic rings. The summed E-state index contributed by atoms with van der Waals surface area (Å²) in [6.07, 6.45) is 1.18. The molecule has 1 aliphatic heterocycles. The van der Waals surface area contributed by atoms with E-state index in [1.165, 1.54) is 0 Å². The topological polar surface area (TPSA) is 53.1 Å². The van der Waals surface area contributed by atoms with E-state index in [0.29, 0.717) is 45.6 Å². The number of rotatable bonds is 7. The Balaban J connectivity index is 1.68. The largest absolute Gasteiger partial charge is 0.493 e. The van der Waals surface area contributed by atoms with Crippen LogP contribution in [0.25, 0.3) is 0 Å². The fourth-order valence-electron chi connectivity index (χ4n) is 3.12. The number of piperazine rings is 1. The summed E-state index contributed by atoms with van der Waals surface area (Å²) < 4.78 is 5.74. The van der Waals surface area contributed by atoms with Gasteiger partial charge in [0.2, 0.25) is 5.91 Å². The van der Waals surface area contributed by atoms with Crippen molar-refractivity contribution in [3.63, 3.8) is 0 Å². The van der Waals surface area contributed by atoms with Gasteiger partial charge in [-0.15, -0.1) is 0 Å². The maximum atomic E-state index is 12.4. The van der Waals surface area contributed by atoms with E-state index < -0.39 is 0 Å². The number of amides is 3. The molecule has 0 N–H and O–H groups in total. The number of carbonyl (C=O) groups excluding carboxylic acids is 2. The molecule has 0 atom stereocenters. The molecule has 0 saturated carbocycles. The second-order valence-electron chi connectivity index (χ2n) is 6.54. The van der Waals surface area contributed by atoms with Crippen LogP contribution >= 0.6 is 0 Å². The van der Waals surface area contributed by atoms with Crippen molar-refractivity contribution in [2.75, 3.05) is 45.9 Å². The Bertz CT molecular complexity index is 594. The molecule has 6 nitrogen and oxygen atoms in total. The highest BCUT2D eigenvalue weighted by atomic mass is 16.5. The molecule has 3 amide bonds. The van der Waals surface area contributed by atoms with Crippen LogP contribution in [-0.4, -0.2) is 72.5 Å². The van der Waals surface area contributed by atoms with Crippen molar-refractivity contribution in [3.8, 4) is 5.75 Å². The van der Waals surface area contributed by atoms with E-state index in [-0.39, 0.29) is 11.9 Å². The standard InChI is InChI=1S/C20H31N3O3/c1-4-21(5-2)20(25)23-14-12-22(13-15-23)19(24)11-8-16-26-18-10-7-6-9-17(18)3/h6-7,9-10H,4-5,8,11-16H2,1-3H3. The molecule has 0 aliphatic carbocycles. The van der Waals surface area contributed by atoms with Gasteiger partial charge in [-0.1, -0.05) is 18.2 Å². The number of nitrogens with zero attached hydrogens (tertiary/aromatic N) is 3. The summed E-state index contributed by atoms with van der Waals surface area (Å²) in [6, 6.07) is 7.97. The molecular formula is C20H31N3O3. The van der Waals surface area contributed by atoms with Crippen molar-refractivity contribution in [2.45, 2.75) is 33.6 Å². The smallest absolute Gasteiger partial charge is 0.320 e. The minimum absolute atomic E-state index is 0.0775. The van der Waals surface area contributed by atoms with Gasteiger partial charge in [0.15, 0.2) is 0 Å². The fraction of sp³-hybridized carbons (Fsp3) is 0.600. The molecule has 26 heavy (non-hydrogen) atoms. The Labute approximate surface area is 156 Å². The van der Waals surface area contributed by atoms with Gasteiger partial charge in [0.25, 0.3) is 0 Å². The van der Waals surface area contributed by atoms with Crippen LogP contribution in [0.5, 0.6) is 5.75 Å². The predicted molar refractivity (Wildman–Crippen MR) is 102 cm³/mol. The Morgan fingerprint density at radius 3 is 2.27 bits per heavy atom. The van der Waals surface area contributed by atoms with Gasteiger partial charge >= 0.3 is 6.03 Å². The van der Waals surface area contributed by atoms with Crippen LogP contribution in [0, 0.1) is 6.92 Å². The molecule has 1 aliphatic rings. The van der Waals surface area contributed by atoms with Crippen LogP contribution in [-0.2, 0) is 4.79 Å². The lowest BCUT2D eigenvalue weighted by atomic mass is 10.2. The second-order valence-corrected chi connectivity index (χ2v) is 6.54. The van der Waals surface area contributed by atoms with Gasteiger partial charge in [-0.3, -0.25) is 4.79 Å². The monoisotopic (exact) mass is 361 g/mol. The minimum atomic E-state index is 0.0775. The number of para-hydroxylation sites is 1. The van der Waals surface area contributed by atoms with E-state index in [0.717, 1.165) is 24.4 Å². The molecule has 0 bridgehead atoms. The predicted octanol–water partition coefficient (Wildman–Crippen LogP) is 2.76. The fourth-order valence-corrected chi connectivity index (χ4v) is 3.12. The molecule has 1 saturated heterocycles. The summed E-state index contributed by atoms with van der Waals surface area (Å²) in [5.74, 6) is 1.02. The SMILES string of the molecule is CCN(CC)C(=O)N1CCN(C(=O)CCCOc2ccccc2C)CC1. The molecule has 0 aromatic heterocycles. The van der Waals surface area contributed by atoms with Crippen molar-refractivity contribution in [2.24, 2.45) is 0 Å². The van der Waals surface area contributed by atoms with Gasteiger partial charge in [0.05, 0.1) is 6.61 Å². The van der Waals surface area contributed by atoms with Gasteiger partial charge in [-0.25, -0.2) is 4.79 Å². The maximum absolute atomic E-state index is 12.4. The average Bonchev–Trinajstić information content (AvgIpc) is 2.67. The van der Waals surface area contributed by atoms with Crippen molar-refractivity contribution >= 4 is 11.9 Å². The number of benzene rings is 1. The van der Waals surface area contributed by atoms with Crippen LogP contribution in [0.4, 0.5) is 4.79 Å². The van der Waals surface area contributed by atoms with E-state index in [9.17, 15) is 9.59 Å². The highest BCUT2D eigenvalue weighted by Crippen LogP contribution is 2.16. The molecule has 1 heterocycles. The lowest BCUT2D eigenvalue weighted by Crippen LogP contribution is -2.54. The number of hydrogen-bond acceptors (Lipinski definition) is 3. The van der Waals surface area contributed by atoms with Crippen molar-refractivity contribution in [1.29, 1.82) is 0 Å². The van der Waals surface area contributed by atoms with Gasteiger partial charge < -0.3 is 19.4 Å². The molecule has 6 heteroatoms. The molecule has 0 radical (unpaired) electrons. The zero-order chi connectivity index (χ0) is 18.9. The maximum Gasteiger partial charge on any atom is 0.320 e. The summed E-state index contributed by atoms with van der Waals surface area (Å²) in [7, 11) is 0. The molecule has 0 spiro atoms. The van der Waals surface area contributed by atoms with Crippen LogP contribution in [0.15, 0.2) is 24.3 Å². The molecule has 1 aromatic carbocycles. The van der Waals surface area contributed by atoms with Crippen LogP contribution in [0.1, 0.15) is 32.3 Å². The third-order valence-corrected chi connectivity index (χ3v) is 4.82. The zero-order valence-electron chi connectivity index (χ0n) is 16.2. The van der Waals surface area contributed by atoms with Gasteiger partial charge in [-0.05, 0) is 38.8 Å². The Kier molecular flexibility index (Phi) is 7.75. The highest BCUT2D eigenvalue weighted by molar-refractivity contribution is 5.77. The quantitative estimate of drug-likeness (QED) is 0.702. The summed E-state index contributed by atoms with van der Waals surface area (Å²) in [4.78, 5) is 30.2. The van der Waals surface area contributed by atoms with E-state index >= 15 is 0 Å². The number of ether oxygens (including phenoxy) is 1. The average molecular weight is 361 g/mol. The first kappa shape index (κ1) is 20.1. The van der Waals surface area contributed by atoms with E-state index in [2.05, 4.69) is 0 Å². The highest BCUT2D eigenvalue weighted by Gasteiger charge is 2.25. The number of carbonyl (C=O) groups is 2. The lowest BCUT2D eigenvalue weighted by molar-refractivity contribution is -0.132. The Morgan fingerprint density at radius 1 is 1.04 bits per heavy atom. The third-order valence-electron chi connectivity index (χ3n) is 4.82. The summed E-state index contributed by atoms with van der Waals surface area (Å²) in [5, 5.41) is 0. The molecule has 2 rings (SSSR count). The summed E-state index contributed by atoms with van der Waals surface area (Å²) >= 11 is 0. The number of hydrogen-bond donors (Lipinski definition) is 0. The molecule has 0 unspecified atom stereocenters. The van der Waals surface area contributed by atoms with Crippen LogP contribution in [0.3, 0.4) is 0 Å². The lowest BCUT2D eigenvalue weighted by Gasteiger charge is -2.37. The van der Waals surface area contributed by atoms with Crippen LogP contribution < -0.4 is 4.74 Å².